The van der Waals surface area contributed by atoms with E-state index in [1.54, 1.807) is 10.7 Å². The van der Waals surface area contributed by atoms with Gasteiger partial charge in [-0.05, 0) is 42.1 Å². The van der Waals surface area contributed by atoms with Gasteiger partial charge in [0.2, 0.25) is 0 Å². The molecular weight excluding hydrogens is 320 g/mol. The van der Waals surface area contributed by atoms with Crippen LogP contribution in [0, 0.1) is 0 Å². The number of aromatic nitrogens is 4. The Morgan fingerprint density at radius 1 is 1.16 bits per heavy atom. The van der Waals surface area contributed by atoms with Crippen molar-refractivity contribution in [1.29, 1.82) is 0 Å². The molecule has 0 atom stereocenters. The second kappa shape index (κ2) is 8.06. The van der Waals surface area contributed by atoms with Crippen molar-refractivity contribution in [2.45, 2.75) is 27.0 Å². The van der Waals surface area contributed by atoms with Crippen molar-refractivity contribution in [2.24, 2.45) is 0 Å². The number of ether oxygens (including phenoxy) is 1. The summed E-state index contributed by atoms with van der Waals surface area (Å²) in [5, 5.41) is 11.5. The second-order valence-electron chi connectivity index (χ2n) is 5.95. The molecule has 0 N–H and O–H groups in total. The normalized spacial score (nSPS) is 15.4. The first-order valence-corrected chi connectivity index (χ1v) is 8.70. The average Bonchev–Trinajstić information content (AvgIpc) is 3.13. The number of hydrogen-bond acceptors (Lipinski definition) is 6. The quantitative estimate of drug-likeness (QED) is 0.780. The van der Waals surface area contributed by atoms with Gasteiger partial charge in [0.25, 0.3) is 5.91 Å². The van der Waals surface area contributed by atoms with E-state index in [1.165, 1.54) is 0 Å². The molecule has 134 valence electrons. The highest BCUT2D eigenvalue weighted by molar-refractivity contribution is 5.94. The molecule has 0 bridgehead atoms. The van der Waals surface area contributed by atoms with Gasteiger partial charge < -0.3 is 14.5 Å². The number of tetrazole rings is 1. The van der Waals surface area contributed by atoms with Crippen molar-refractivity contribution in [2.75, 3.05) is 32.7 Å². The van der Waals surface area contributed by atoms with Crippen LogP contribution in [-0.2, 0) is 13.2 Å². The van der Waals surface area contributed by atoms with Crippen LogP contribution in [0.3, 0.4) is 0 Å². The Kier molecular flexibility index (Phi) is 5.60. The molecule has 0 unspecified atom stereocenters. The summed E-state index contributed by atoms with van der Waals surface area (Å²) in [5.74, 6) is 1.36. The van der Waals surface area contributed by atoms with Crippen molar-refractivity contribution in [3.05, 3.63) is 35.7 Å². The van der Waals surface area contributed by atoms with Crippen LogP contribution in [0.5, 0.6) is 5.75 Å². The zero-order valence-electron chi connectivity index (χ0n) is 14.8. The lowest BCUT2D eigenvalue weighted by Crippen LogP contribution is -2.48. The van der Waals surface area contributed by atoms with Crippen molar-refractivity contribution < 1.29 is 9.53 Å². The Morgan fingerprint density at radius 3 is 2.68 bits per heavy atom. The number of carbonyl (C=O) groups excluding carboxylic acids is 1. The molecule has 0 spiro atoms. The number of benzene rings is 1. The summed E-state index contributed by atoms with van der Waals surface area (Å²) in [4.78, 5) is 16.9. The maximum absolute atomic E-state index is 12.7. The van der Waals surface area contributed by atoms with E-state index in [2.05, 4.69) is 27.3 Å². The lowest BCUT2D eigenvalue weighted by atomic mass is 10.1. The van der Waals surface area contributed by atoms with Crippen LogP contribution in [-0.4, -0.2) is 68.6 Å². The van der Waals surface area contributed by atoms with Crippen LogP contribution in [0.4, 0.5) is 0 Å². The summed E-state index contributed by atoms with van der Waals surface area (Å²) < 4.78 is 7.45. The first-order valence-electron chi connectivity index (χ1n) is 8.70. The molecule has 1 aromatic carbocycles. The molecular formula is C17H24N6O2. The summed E-state index contributed by atoms with van der Waals surface area (Å²) >= 11 is 0. The minimum atomic E-state index is 0.0552. The van der Waals surface area contributed by atoms with Gasteiger partial charge in [-0.1, -0.05) is 13.0 Å². The van der Waals surface area contributed by atoms with Crippen molar-refractivity contribution in [1.82, 2.24) is 30.0 Å². The number of amides is 1. The fourth-order valence-electron chi connectivity index (χ4n) is 2.89. The molecule has 1 saturated heterocycles. The predicted molar refractivity (Wildman–Crippen MR) is 92.3 cm³/mol. The van der Waals surface area contributed by atoms with E-state index in [1.807, 2.05) is 30.0 Å². The van der Waals surface area contributed by atoms with Gasteiger partial charge in [-0.25, -0.2) is 4.68 Å². The van der Waals surface area contributed by atoms with Gasteiger partial charge in [0.15, 0.2) is 5.82 Å². The number of aryl methyl sites for hydroxylation is 1. The Labute approximate surface area is 147 Å². The molecule has 3 rings (SSSR count). The highest BCUT2D eigenvalue weighted by Crippen LogP contribution is 2.17. The molecule has 1 aromatic heterocycles. The smallest absolute Gasteiger partial charge is 0.254 e. The molecule has 25 heavy (non-hydrogen) atoms. The third kappa shape index (κ3) is 4.14. The Bertz CT molecular complexity index is 709. The van der Waals surface area contributed by atoms with Gasteiger partial charge in [-0.2, -0.15) is 0 Å². The number of carbonyl (C=O) groups is 1. The lowest BCUT2D eigenvalue weighted by Gasteiger charge is -2.34. The van der Waals surface area contributed by atoms with E-state index in [4.69, 9.17) is 4.74 Å². The SMILES string of the molecule is CCN1CCN(C(=O)c2cccc(OCc3nnnn3CC)c2)CC1. The van der Waals surface area contributed by atoms with Crippen LogP contribution in [0.25, 0.3) is 0 Å². The number of nitrogens with zero attached hydrogens (tertiary/aromatic N) is 6. The fraction of sp³-hybridized carbons (Fsp3) is 0.529. The van der Waals surface area contributed by atoms with Gasteiger partial charge in [0.1, 0.15) is 12.4 Å². The lowest BCUT2D eigenvalue weighted by molar-refractivity contribution is 0.0643. The van der Waals surface area contributed by atoms with Crippen LogP contribution in [0.15, 0.2) is 24.3 Å². The van der Waals surface area contributed by atoms with Crippen LogP contribution in [0.2, 0.25) is 0 Å². The zero-order chi connectivity index (χ0) is 17.6. The van der Waals surface area contributed by atoms with Crippen molar-refractivity contribution in [3.8, 4) is 5.75 Å². The van der Waals surface area contributed by atoms with E-state index in [-0.39, 0.29) is 12.5 Å². The van der Waals surface area contributed by atoms with E-state index in [0.29, 0.717) is 23.7 Å². The Morgan fingerprint density at radius 2 is 1.96 bits per heavy atom. The highest BCUT2D eigenvalue weighted by Gasteiger charge is 2.21. The van der Waals surface area contributed by atoms with Crippen LogP contribution >= 0.6 is 0 Å². The van der Waals surface area contributed by atoms with E-state index >= 15 is 0 Å². The molecule has 1 aliphatic heterocycles. The molecule has 1 aliphatic rings. The summed E-state index contributed by atoms with van der Waals surface area (Å²) in [7, 11) is 0. The van der Waals surface area contributed by atoms with Gasteiger partial charge >= 0.3 is 0 Å². The maximum Gasteiger partial charge on any atom is 0.254 e. The predicted octanol–water partition coefficient (Wildman–Crippen LogP) is 1.05. The van der Waals surface area contributed by atoms with Gasteiger partial charge in [0, 0.05) is 38.3 Å². The summed E-state index contributed by atoms with van der Waals surface area (Å²) in [6.45, 7) is 9.50. The standard InChI is InChI=1S/C17H24N6O2/c1-3-21-8-10-22(11-9-21)17(24)14-6-5-7-15(12-14)25-13-16-18-19-20-23(16)4-2/h5-7,12H,3-4,8-11,13H2,1-2H3. The molecule has 0 radical (unpaired) electrons. The van der Waals surface area contributed by atoms with Crippen molar-refractivity contribution in [3.63, 3.8) is 0 Å². The zero-order valence-corrected chi connectivity index (χ0v) is 14.8. The van der Waals surface area contributed by atoms with Gasteiger partial charge in [-0.3, -0.25) is 4.79 Å². The maximum atomic E-state index is 12.7. The first kappa shape index (κ1) is 17.3. The monoisotopic (exact) mass is 344 g/mol. The van der Waals surface area contributed by atoms with Gasteiger partial charge in [0.05, 0.1) is 0 Å². The molecule has 1 fully saturated rings. The van der Waals surface area contributed by atoms with Crippen LogP contribution < -0.4 is 4.74 Å². The number of likely N-dealkylation sites (N-methyl/N-ethyl adjacent to an activating group) is 1. The molecule has 8 heteroatoms. The molecule has 1 amide bonds. The van der Waals surface area contributed by atoms with Crippen molar-refractivity contribution >= 4 is 5.91 Å². The molecule has 2 heterocycles. The number of rotatable bonds is 6. The van der Waals surface area contributed by atoms with E-state index in [0.717, 1.165) is 32.7 Å². The third-order valence-electron chi connectivity index (χ3n) is 4.46. The summed E-state index contributed by atoms with van der Waals surface area (Å²) in [5.41, 5.74) is 0.650. The fourth-order valence-corrected chi connectivity index (χ4v) is 2.89. The number of hydrogen-bond donors (Lipinski definition) is 0. The summed E-state index contributed by atoms with van der Waals surface area (Å²) in [6, 6.07) is 7.30. The largest absolute Gasteiger partial charge is 0.486 e. The molecule has 8 nitrogen and oxygen atoms in total. The Balaban J connectivity index is 1.62. The summed E-state index contributed by atoms with van der Waals surface area (Å²) in [6.07, 6.45) is 0. The minimum Gasteiger partial charge on any atom is -0.486 e. The molecule has 2 aromatic rings. The van der Waals surface area contributed by atoms with Gasteiger partial charge in [-0.15, -0.1) is 5.10 Å². The second-order valence-corrected chi connectivity index (χ2v) is 5.95. The number of piperazine rings is 1. The minimum absolute atomic E-state index is 0.0552. The third-order valence-corrected chi connectivity index (χ3v) is 4.46. The molecule has 0 saturated carbocycles. The molecule has 0 aliphatic carbocycles. The average molecular weight is 344 g/mol. The highest BCUT2D eigenvalue weighted by atomic mass is 16.5. The topological polar surface area (TPSA) is 76.4 Å². The Hall–Kier alpha value is -2.48. The van der Waals surface area contributed by atoms with E-state index in [9.17, 15) is 4.79 Å². The van der Waals surface area contributed by atoms with Crippen LogP contribution in [0.1, 0.15) is 30.0 Å². The van der Waals surface area contributed by atoms with E-state index < -0.39 is 0 Å². The first-order chi connectivity index (χ1) is 12.2.